The van der Waals surface area contributed by atoms with Crippen molar-refractivity contribution in [3.8, 4) is 11.5 Å². The average Bonchev–Trinajstić information content (AvgIpc) is 3.09. The second-order valence-electron chi connectivity index (χ2n) is 6.00. The summed E-state index contributed by atoms with van der Waals surface area (Å²) < 4.78 is 10.6. The van der Waals surface area contributed by atoms with Crippen molar-refractivity contribution in [3.63, 3.8) is 0 Å². The summed E-state index contributed by atoms with van der Waals surface area (Å²) in [4.78, 5) is 15.8. The molecule has 0 aromatic heterocycles. The molecule has 1 aliphatic rings. The first-order chi connectivity index (χ1) is 12.1. The van der Waals surface area contributed by atoms with Crippen LogP contribution in [-0.4, -0.2) is 36.9 Å². The van der Waals surface area contributed by atoms with Crippen LogP contribution in [0.3, 0.4) is 0 Å². The lowest BCUT2D eigenvalue weighted by Gasteiger charge is -2.24. The molecule has 132 valence electrons. The molecule has 6 heteroatoms. The fraction of sp³-hybridized carbons (Fsp3) is 0.316. The number of benzene rings is 2. The summed E-state index contributed by atoms with van der Waals surface area (Å²) in [6.45, 7) is 2.84. The molecule has 0 fully saturated rings. The van der Waals surface area contributed by atoms with Crippen LogP contribution in [0.4, 0.5) is 5.69 Å². The number of thioether (sulfide) groups is 1. The zero-order valence-electron chi connectivity index (χ0n) is 14.6. The molecular formula is C19H22N2O3S. The van der Waals surface area contributed by atoms with Crippen LogP contribution in [-0.2, 0) is 11.3 Å². The van der Waals surface area contributed by atoms with Crippen LogP contribution in [0.25, 0.3) is 0 Å². The number of hydrogen-bond acceptors (Lipinski definition) is 5. The summed E-state index contributed by atoms with van der Waals surface area (Å²) in [6, 6.07) is 13.6. The van der Waals surface area contributed by atoms with E-state index in [4.69, 9.17) is 9.47 Å². The van der Waals surface area contributed by atoms with Crippen LogP contribution >= 0.6 is 11.8 Å². The Morgan fingerprint density at radius 1 is 1.20 bits per heavy atom. The predicted octanol–water partition coefficient (Wildman–Crippen LogP) is 3.60. The number of fused-ring (bicyclic) bond motifs is 1. The molecule has 2 aromatic carbocycles. The van der Waals surface area contributed by atoms with Gasteiger partial charge in [-0.3, -0.25) is 9.69 Å². The smallest absolute Gasteiger partial charge is 0.241 e. The quantitative estimate of drug-likeness (QED) is 0.800. The van der Waals surface area contributed by atoms with Gasteiger partial charge in [-0.1, -0.05) is 12.1 Å². The van der Waals surface area contributed by atoms with Gasteiger partial charge in [0, 0.05) is 23.2 Å². The van der Waals surface area contributed by atoms with Gasteiger partial charge in [0.15, 0.2) is 11.5 Å². The third-order valence-corrected chi connectivity index (χ3v) is 5.02. The van der Waals surface area contributed by atoms with Gasteiger partial charge in [-0.05, 0) is 50.1 Å². The number of amides is 1. The minimum absolute atomic E-state index is 0.0536. The van der Waals surface area contributed by atoms with Crippen molar-refractivity contribution in [2.45, 2.75) is 24.4 Å². The summed E-state index contributed by atoms with van der Waals surface area (Å²) in [6.07, 6.45) is 2.06. The maximum Gasteiger partial charge on any atom is 0.241 e. The van der Waals surface area contributed by atoms with E-state index in [-0.39, 0.29) is 18.7 Å². The second kappa shape index (κ2) is 7.80. The van der Waals surface area contributed by atoms with E-state index in [9.17, 15) is 4.79 Å². The van der Waals surface area contributed by atoms with Gasteiger partial charge in [0.1, 0.15) is 0 Å². The van der Waals surface area contributed by atoms with Crippen LogP contribution in [0, 0.1) is 0 Å². The molecule has 1 atom stereocenters. The van der Waals surface area contributed by atoms with Gasteiger partial charge in [-0.2, -0.15) is 0 Å². The molecular weight excluding hydrogens is 336 g/mol. The average molecular weight is 358 g/mol. The molecule has 0 saturated heterocycles. The first-order valence-corrected chi connectivity index (χ1v) is 9.33. The molecule has 0 aliphatic carbocycles. The van der Waals surface area contributed by atoms with E-state index in [1.54, 1.807) is 23.9 Å². The molecule has 1 N–H and O–H groups in total. The first kappa shape index (κ1) is 17.6. The normalized spacial score (nSPS) is 13.8. The van der Waals surface area contributed by atoms with Crippen LogP contribution < -0.4 is 14.8 Å². The molecule has 5 nitrogen and oxygen atoms in total. The summed E-state index contributed by atoms with van der Waals surface area (Å²) in [5, 5.41) is 2.94. The molecule has 1 heterocycles. The number of nitrogens with zero attached hydrogens (tertiary/aromatic N) is 1. The van der Waals surface area contributed by atoms with E-state index in [0.717, 1.165) is 0 Å². The third-order valence-electron chi connectivity index (χ3n) is 4.27. The van der Waals surface area contributed by atoms with E-state index >= 15 is 0 Å². The zero-order valence-corrected chi connectivity index (χ0v) is 15.4. The Bertz CT molecular complexity index is 749. The highest BCUT2D eigenvalue weighted by Gasteiger charge is 2.20. The molecule has 0 spiro atoms. The number of hydrogen-bond donors (Lipinski definition) is 1. The number of carbonyl (C=O) groups is 1. The lowest BCUT2D eigenvalue weighted by Crippen LogP contribution is -2.39. The molecule has 25 heavy (non-hydrogen) atoms. The number of rotatable bonds is 6. The summed E-state index contributed by atoms with van der Waals surface area (Å²) >= 11 is 1.72. The Hall–Kier alpha value is -2.18. The Kier molecular flexibility index (Phi) is 5.50. The molecule has 0 radical (unpaired) electrons. The molecule has 1 unspecified atom stereocenters. The zero-order chi connectivity index (χ0) is 17.8. The van der Waals surface area contributed by atoms with Gasteiger partial charge >= 0.3 is 0 Å². The van der Waals surface area contributed by atoms with Crippen LogP contribution in [0.15, 0.2) is 47.4 Å². The minimum atomic E-state index is -0.259. The number of carbonyl (C=O) groups excluding carboxylic acids is 1. The van der Waals surface area contributed by atoms with E-state index in [1.165, 1.54) is 10.5 Å². The van der Waals surface area contributed by atoms with Crippen molar-refractivity contribution in [1.29, 1.82) is 0 Å². The highest BCUT2D eigenvalue weighted by molar-refractivity contribution is 7.98. The van der Waals surface area contributed by atoms with Gasteiger partial charge in [-0.25, -0.2) is 0 Å². The van der Waals surface area contributed by atoms with Crippen molar-refractivity contribution in [3.05, 3.63) is 48.0 Å². The largest absolute Gasteiger partial charge is 0.454 e. The van der Waals surface area contributed by atoms with Gasteiger partial charge in [0.05, 0.1) is 6.04 Å². The van der Waals surface area contributed by atoms with Crippen molar-refractivity contribution in [2.24, 2.45) is 0 Å². The molecule has 0 bridgehead atoms. The lowest BCUT2D eigenvalue weighted by molar-refractivity contribution is -0.120. The maximum atomic E-state index is 12.5. The summed E-state index contributed by atoms with van der Waals surface area (Å²) in [5.74, 6) is 1.31. The Morgan fingerprint density at radius 3 is 2.64 bits per heavy atom. The Balaban J connectivity index is 1.59. The molecule has 1 aliphatic heterocycles. The highest BCUT2D eigenvalue weighted by Crippen LogP contribution is 2.34. The van der Waals surface area contributed by atoms with Crippen molar-refractivity contribution in [2.75, 3.05) is 25.4 Å². The SMILES string of the molecule is CSc1ccc(CN(C)C(C)C(=O)Nc2ccc3c(c2)OCO3)cc1. The minimum Gasteiger partial charge on any atom is -0.454 e. The monoisotopic (exact) mass is 358 g/mol. The third kappa shape index (κ3) is 4.27. The lowest BCUT2D eigenvalue weighted by atomic mass is 10.2. The number of anilines is 1. The summed E-state index contributed by atoms with van der Waals surface area (Å²) in [7, 11) is 1.95. The molecule has 0 saturated carbocycles. The van der Waals surface area contributed by atoms with E-state index in [2.05, 4.69) is 35.8 Å². The van der Waals surface area contributed by atoms with Gasteiger partial charge in [-0.15, -0.1) is 11.8 Å². The van der Waals surface area contributed by atoms with Gasteiger partial charge in [0.2, 0.25) is 12.7 Å². The van der Waals surface area contributed by atoms with Crippen molar-refractivity contribution in [1.82, 2.24) is 4.90 Å². The van der Waals surface area contributed by atoms with Crippen molar-refractivity contribution < 1.29 is 14.3 Å². The van der Waals surface area contributed by atoms with Gasteiger partial charge in [0.25, 0.3) is 0 Å². The van der Waals surface area contributed by atoms with Crippen LogP contribution in [0.5, 0.6) is 11.5 Å². The van der Waals surface area contributed by atoms with E-state index < -0.39 is 0 Å². The molecule has 2 aromatic rings. The number of ether oxygens (including phenoxy) is 2. The maximum absolute atomic E-state index is 12.5. The highest BCUT2D eigenvalue weighted by atomic mass is 32.2. The van der Waals surface area contributed by atoms with E-state index in [1.807, 2.05) is 24.9 Å². The van der Waals surface area contributed by atoms with Crippen molar-refractivity contribution >= 4 is 23.4 Å². The number of likely N-dealkylation sites (N-methyl/N-ethyl adjacent to an activating group) is 1. The fourth-order valence-electron chi connectivity index (χ4n) is 2.58. The topological polar surface area (TPSA) is 50.8 Å². The van der Waals surface area contributed by atoms with E-state index in [0.29, 0.717) is 23.7 Å². The Labute approximate surface area is 152 Å². The van der Waals surface area contributed by atoms with Crippen LogP contribution in [0.1, 0.15) is 12.5 Å². The standard InChI is InChI=1S/C19H22N2O3S/c1-13(21(2)11-14-4-7-16(25-3)8-5-14)19(22)20-15-6-9-17-18(10-15)24-12-23-17/h4-10,13H,11-12H2,1-3H3,(H,20,22). The summed E-state index contributed by atoms with van der Waals surface area (Å²) in [5.41, 5.74) is 1.89. The Morgan fingerprint density at radius 2 is 1.92 bits per heavy atom. The fourth-order valence-corrected chi connectivity index (χ4v) is 2.99. The molecule has 3 rings (SSSR count). The van der Waals surface area contributed by atoms with Gasteiger partial charge < -0.3 is 14.8 Å². The molecule has 1 amide bonds. The predicted molar refractivity (Wildman–Crippen MR) is 100 cm³/mol. The second-order valence-corrected chi connectivity index (χ2v) is 6.88. The first-order valence-electron chi connectivity index (χ1n) is 8.10. The number of nitrogens with one attached hydrogen (secondary N) is 1. The van der Waals surface area contributed by atoms with Crippen LogP contribution in [0.2, 0.25) is 0 Å².